The molecule has 0 spiro atoms. The van der Waals surface area contributed by atoms with Crippen LogP contribution in [0.1, 0.15) is 64.9 Å². The molecule has 228 valence electrons. The Hall–Kier alpha value is -1.91. The van der Waals surface area contributed by atoms with Crippen molar-refractivity contribution < 1.29 is 19.1 Å². The zero-order chi connectivity index (χ0) is 29.4. The molecular weight excluding hydrogens is 556 g/mol. The molecule has 1 N–H and O–H groups in total. The first-order chi connectivity index (χ1) is 19.6. The van der Waals surface area contributed by atoms with E-state index in [-0.39, 0.29) is 17.9 Å². The van der Waals surface area contributed by atoms with Crippen LogP contribution >= 0.6 is 23.5 Å². The van der Waals surface area contributed by atoms with Gasteiger partial charge in [0.25, 0.3) is 0 Å². The number of benzene rings is 1. The number of thioether (sulfide) groups is 2. The normalized spacial score (nSPS) is 22.9. The van der Waals surface area contributed by atoms with Crippen molar-refractivity contribution in [3.8, 4) is 0 Å². The quantitative estimate of drug-likeness (QED) is 0.410. The molecule has 0 bridgehead atoms. The molecule has 3 amide bonds. The second-order valence-electron chi connectivity index (χ2n) is 12.7. The number of nitrogens with one attached hydrogen (secondary N) is 1. The number of hydrogen-bond donors (Lipinski definition) is 1. The predicted molar refractivity (Wildman–Crippen MR) is 168 cm³/mol. The summed E-state index contributed by atoms with van der Waals surface area (Å²) in [6.45, 7) is 8.09. The number of nitrogens with zero attached hydrogens (tertiary/aromatic N) is 3. The van der Waals surface area contributed by atoms with Crippen molar-refractivity contribution in [1.29, 1.82) is 0 Å². The zero-order valence-electron chi connectivity index (χ0n) is 25.2. The number of ether oxygens (including phenoxy) is 1. The van der Waals surface area contributed by atoms with Gasteiger partial charge in [-0.2, -0.15) is 11.8 Å². The van der Waals surface area contributed by atoms with Gasteiger partial charge in [0.15, 0.2) is 0 Å². The average molecular weight is 605 g/mol. The van der Waals surface area contributed by atoms with E-state index in [9.17, 15) is 14.4 Å². The molecule has 0 radical (unpaired) electrons. The number of likely N-dealkylation sites (N-methyl/N-ethyl adjacent to an activating group) is 1. The van der Waals surface area contributed by atoms with Crippen LogP contribution in [0.4, 0.5) is 4.79 Å². The Morgan fingerprint density at radius 1 is 1.12 bits per heavy atom. The van der Waals surface area contributed by atoms with Crippen LogP contribution in [0.3, 0.4) is 0 Å². The van der Waals surface area contributed by atoms with Gasteiger partial charge >= 0.3 is 6.09 Å². The van der Waals surface area contributed by atoms with E-state index in [4.69, 9.17) is 4.74 Å². The molecule has 1 saturated carbocycles. The van der Waals surface area contributed by atoms with Crippen molar-refractivity contribution >= 4 is 41.4 Å². The Labute approximate surface area is 254 Å². The van der Waals surface area contributed by atoms with Crippen molar-refractivity contribution in [2.24, 2.45) is 5.92 Å². The second kappa shape index (κ2) is 15.0. The summed E-state index contributed by atoms with van der Waals surface area (Å²) < 4.78 is 5.55. The first-order valence-electron chi connectivity index (χ1n) is 15.1. The number of likely N-dealkylation sites (tertiary alicyclic amines) is 1. The lowest BCUT2D eigenvalue weighted by atomic mass is 9.91. The molecular formula is C31H48N4O4S2. The standard InChI is InChI=1S/C31H48N4O4S2/c1-31(2,3)39-30(38)35-22-41-21-27(35)28(36)32-26(20-40-19-24-13-9-6-10-14-24)29(37)33(4)25-15-16-34(18-25)17-23-11-7-5-8-12-23/h5,7-8,11-12,24-27H,6,9-10,13-22H2,1-4H3,(H,32,36). The summed E-state index contributed by atoms with van der Waals surface area (Å²) in [5.41, 5.74) is 0.633. The van der Waals surface area contributed by atoms with Gasteiger partial charge in [-0.15, -0.1) is 11.8 Å². The monoisotopic (exact) mass is 604 g/mol. The van der Waals surface area contributed by atoms with Crippen LogP contribution in [0.15, 0.2) is 30.3 Å². The molecule has 3 aliphatic rings. The smallest absolute Gasteiger partial charge is 0.411 e. The molecule has 8 nitrogen and oxygen atoms in total. The third-order valence-corrected chi connectivity index (χ3v) is 10.5. The third-order valence-electron chi connectivity index (χ3n) is 8.18. The van der Waals surface area contributed by atoms with Gasteiger partial charge < -0.3 is 15.0 Å². The van der Waals surface area contributed by atoms with Gasteiger partial charge in [-0.25, -0.2) is 4.79 Å². The minimum Gasteiger partial charge on any atom is -0.444 e. The molecule has 3 unspecified atom stereocenters. The van der Waals surface area contributed by atoms with Crippen LogP contribution in [0.25, 0.3) is 0 Å². The molecule has 1 aromatic carbocycles. The minimum absolute atomic E-state index is 0.0458. The number of amides is 3. The lowest BCUT2D eigenvalue weighted by molar-refractivity contribution is -0.137. The van der Waals surface area contributed by atoms with E-state index in [1.54, 1.807) is 11.8 Å². The Morgan fingerprint density at radius 2 is 1.85 bits per heavy atom. The van der Waals surface area contributed by atoms with Crippen LogP contribution in [-0.2, 0) is 20.9 Å². The van der Waals surface area contributed by atoms with Crippen molar-refractivity contribution in [1.82, 2.24) is 20.0 Å². The molecule has 2 heterocycles. The Balaban J connectivity index is 1.38. The summed E-state index contributed by atoms with van der Waals surface area (Å²) in [5.74, 6) is 2.82. The summed E-state index contributed by atoms with van der Waals surface area (Å²) in [7, 11) is 1.88. The van der Waals surface area contributed by atoms with Crippen molar-refractivity contribution in [3.05, 3.63) is 35.9 Å². The SMILES string of the molecule is CN(C(=O)C(CSCC1CCCCC1)NC(=O)C1CSCN1C(=O)OC(C)(C)C)C1CCN(Cc2ccccc2)C1. The van der Waals surface area contributed by atoms with E-state index in [1.165, 1.54) is 54.3 Å². The number of rotatable bonds is 10. The third kappa shape index (κ3) is 9.55. The summed E-state index contributed by atoms with van der Waals surface area (Å²) in [6, 6.07) is 9.25. The van der Waals surface area contributed by atoms with E-state index in [2.05, 4.69) is 34.5 Å². The van der Waals surface area contributed by atoms with Crippen LogP contribution in [0.2, 0.25) is 0 Å². The summed E-state index contributed by atoms with van der Waals surface area (Å²) in [4.78, 5) is 46.0. The van der Waals surface area contributed by atoms with Crippen LogP contribution in [0, 0.1) is 5.92 Å². The van der Waals surface area contributed by atoms with Crippen molar-refractivity contribution in [2.45, 2.75) is 89.6 Å². The molecule has 0 aromatic heterocycles. The van der Waals surface area contributed by atoms with E-state index >= 15 is 0 Å². The van der Waals surface area contributed by atoms with Gasteiger partial charge in [0.1, 0.15) is 17.7 Å². The summed E-state index contributed by atoms with van der Waals surface area (Å²) >= 11 is 3.31. The summed E-state index contributed by atoms with van der Waals surface area (Å²) in [6.07, 6.45) is 6.82. The van der Waals surface area contributed by atoms with Gasteiger partial charge in [0.2, 0.25) is 11.8 Å². The zero-order valence-corrected chi connectivity index (χ0v) is 26.8. The highest BCUT2D eigenvalue weighted by molar-refractivity contribution is 7.99. The van der Waals surface area contributed by atoms with Crippen molar-refractivity contribution in [2.75, 3.05) is 43.3 Å². The van der Waals surface area contributed by atoms with Gasteiger partial charge in [-0.1, -0.05) is 49.6 Å². The first-order valence-corrected chi connectivity index (χ1v) is 17.4. The number of hydrogen-bond acceptors (Lipinski definition) is 7. The summed E-state index contributed by atoms with van der Waals surface area (Å²) in [5, 5.41) is 3.07. The maximum absolute atomic E-state index is 13.9. The van der Waals surface area contributed by atoms with Crippen molar-refractivity contribution in [3.63, 3.8) is 0 Å². The molecule has 10 heteroatoms. The Morgan fingerprint density at radius 3 is 2.56 bits per heavy atom. The maximum atomic E-state index is 13.9. The van der Waals surface area contributed by atoms with E-state index in [0.29, 0.717) is 23.3 Å². The van der Waals surface area contributed by atoms with Gasteiger partial charge in [0, 0.05) is 44.2 Å². The fourth-order valence-electron chi connectivity index (χ4n) is 5.85. The predicted octanol–water partition coefficient (Wildman–Crippen LogP) is 4.83. The van der Waals surface area contributed by atoms with Crippen LogP contribution in [0.5, 0.6) is 0 Å². The molecule has 1 aliphatic carbocycles. The molecule has 41 heavy (non-hydrogen) atoms. The lowest BCUT2D eigenvalue weighted by Crippen LogP contribution is -2.56. The molecule has 2 saturated heterocycles. The molecule has 3 atom stereocenters. The Kier molecular flexibility index (Phi) is 11.7. The maximum Gasteiger partial charge on any atom is 0.411 e. The number of carbonyl (C=O) groups excluding carboxylic acids is 3. The highest BCUT2D eigenvalue weighted by Crippen LogP contribution is 2.28. The van der Waals surface area contributed by atoms with Gasteiger partial charge in [-0.05, 0) is 57.3 Å². The van der Waals surface area contributed by atoms with Gasteiger partial charge in [0.05, 0.1) is 5.88 Å². The average Bonchev–Trinajstić information content (AvgIpc) is 3.62. The van der Waals surface area contributed by atoms with E-state index in [0.717, 1.165) is 31.8 Å². The fraction of sp³-hybridized carbons (Fsp3) is 0.710. The molecule has 2 aliphatic heterocycles. The van der Waals surface area contributed by atoms with Crippen LogP contribution < -0.4 is 5.32 Å². The van der Waals surface area contributed by atoms with Gasteiger partial charge in [-0.3, -0.25) is 19.4 Å². The highest BCUT2D eigenvalue weighted by atomic mass is 32.2. The lowest BCUT2D eigenvalue weighted by Gasteiger charge is -2.31. The topological polar surface area (TPSA) is 82.2 Å². The minimum atomic E-state index is -0.647. The first kappa shape index (κ1) is 32.0. The molecule has 3 fully saturated rings. The second-order valence-corrected chi connectivity index (χ2v) is 14.8. The van der Waals surface area contributed by atoms with E-state index < -0.39 is 23.8 Å². The molecule has 4 rings (SSSR count). The highest BCUT2D eigenvalue weighted by Gasteiger charge is 2.39. The molecule has 1 aromatic rings. The number of carbonyl (C=O) groups is 3. The van der Waals surface area contributed by atoms with Crippen LogP contribution in [-0.4, -0.2) is 99.6 Å². The fourth-order valence-corrected chi connectivity index (χ4v) is 8.26. The largest absolute Gasteiger partial charge is 0.444 e. The Bertz CT molecular complexity index is 1020. The van der Waals surface area contributed by atoms with E-state index in [1.807, 2.05) is 38.8 Å².